The maximum Gasteiger partial charge on any atom is 0.227 e. The molecule has 0 aliphatic heterocycles. The van der Waals surface area contributed by atoms with Crippen molar-refractivity contribution in [3.8, 4) is 11.4 Å². The highest BCUT2D eigenvalue weighted by atomic mass is 19.1. The molecular weight excluding hydrogens is 233 g/mol. The van der Waals surface area contributed by atoms with Gasteiger partial charge in [-0.3, -0.25) is 0 Å². The van der Waals surface area contributed by atoms with Gasteiger partial charge >= 0.3 is 0 Å². The SMILES string of the molecule is Cc1cc(F)ccc1-c1noc(CC(C)CN)n1. The van der Waals surface area contributed by atoms with E-state index in [1.807, 2.05) is 13.8 Å². The number of benzene rings is 1. The number of rotatable bonds is 4. The van der Waals surface area contributed by atoms with E-state index in [4.69, 9.17) is 10.3 Å². The molecule has 18 heavy (non-hydrogen) atoms. The average molecular weight is 249 g/mol. The summed E-state index contributed by atoms with van der Waals surface area (Å²) in [5.41, 5.74) is 7.12. The Morgan fingerprint density at radius 1 is 1.44 bits per heavy atom. The van der Waals surface area contributed by atoms with Crippen LogP contribution in [0.2, 0.25) is 0 Å². The lowest BCUT2D eigenvalue weighted by Gasteiger charge is -2.02. The lowest BCUT2D eigenvalue weighted by Crippen LogP contribution is -2.13. The molecule has 1 aromatic heterocycles. The van der Waals surface area contributed by atoms with Crippen molar-refractivity contribution in [2.24, 2.45) is 11.7 Å². The molecule has 0 fully saturated rings. The molecule has 1 atom stereocenters. The van der Waals surface area contributed by atoms with E-state index in [0.29, 0.717) is 30.6 Å². The maximum absolute atomic E-state index is 13.0. The summed E-state index contributed by atoms with van der Waals surface area (Å²) in [4.78, 5) is 4.30. The molecule has 0 radical (unpaired) electrons. The number of hydrogen-bond donors (Lipinski definition) is 1. The van der Waals surface area contributed by atoms with E-state index in [2.05, 4.69) is 10.1 Å². The summed E-state index contributed by atoms with van der Waals surface area (Å²) >= 11 is 0. The second kappa shape index (κ2) is 5.27. The van der Waals surface area contributed by atoms with E-state index in [1.54, 1.807) is 6.07 Å². The average Bonchev–Trinajstić information content (AvgIpc) is 2.77. The topological polar surface area (TPSA) is 64.9 Å². The van der Waals surface area contributed by atoms with E-state index in [0.717, 1.165) is 11.1 Å². The van der Waals surface area contributed by atoms with Crippen LogP contribution in [0.4, 0.5) is 4.39 Å². The zero-order chi connectivity index (χ0) is 13.1. The lowest BCUT2D eigenvalue weighted by atomic mass is 10.1. The predicted octanol–water partition coefficient (Wildman–Crippen LogP) is 2.32. The second-order valence-electron chi connectivity index (χ2n) is 4.52. The van der Waals surface area contributed by atoms with Gasteiger partial charge in [0.25, 0.3) is 0 Å². The molecule has 0 saturated heterocycles. The van der Waals surface area contributed by atoms with Crippen molar-refractivity contribution in [3.05, 3.63) is 35.5 Å². The fourth-order valence-corrected chi connectivity index (χ4v) is 1.71. The first-order chi connectivity index (χ1) is 8.60. The highest BCUT2D eigenvalue weighted by Crippen LogP contribution is 2.21. The third kappa shape index (κ3) is 2.73. The van der Waals surface area contributed by atoms with Crippen LogP contribution in [0.15, 0.2) is 22.7 Å². The Kier molecular flexibility index (Phi) is 3.72. The summed E-state index contributed by atoms with van der Waals surface area (Å²) in [6.07, 6.45) is 0.656. The molecule has 0 spiro atoms. The van der Waals surface area contributed by atoms with Gasteiger partial charge in [0.1, 0.15) is 5.82 Å². The fraction of sp³-hybridized carbons (Fsp3) is 0.385. The second-order valence-corrected chi connectivity index (χ2v) is 4.52. The summed E-state index contributed by atoms with van der Waals surface area (Å²) in [5, 5.41) is 3.91. The fourth-order valence-electron chi connectivity index (χ4n) is 1.71. The van der Waals surface area contributed by atoms with Crippen LogP contribution in [-0.2, 0) is 6.42 Å². The molecule has 2 aromatic rings. The highest BCUT2D eigenvalue weighted by molar-refractivity contribution is 5.59. The van der Waals surface area contributed by atoms with Gasteiger partial charge in [-0.05, 0) is 43.1 Å². The standard InChI is InChI=1S/C13H16FN3O/c1-8(7-15)5-12-16-13(17-18-12)11-4-3-10(14)6-9(11)2/h3-4,6,8H,5,7,15H2,1-2H3. The van der Waals surface area contributed by atoms with E-state index in [9.17, 15) is 4.39 Å². The third-order valence-corrected chi connectivity index (χ3v) is 2.82. The Morgan fingerprint density at radius 3 is 2.89 bits per heavy atom. The zero-order valence-corrected chi connectivity index (χ0v) is 10.5. The first kappa shape index (κ1) is 12.7. The first-order valence-corrected chi connectivity index (χ1v) is 5.89. The summed E-state index contributed by atoms with van der Waals surface area (Å²) in [5.74, 6) is 1.09. The third-order valence-electron chi connectivity index (χ3n) is 2.82. The van der Waals surface area contributed by atoms with Crippen LogP contribution in [0.25, 0.3) is 11.4 Å². The van der Waals surface area contributed by atoms with Crippen molar-refractivity contribution >= 4 is 0 Å². The van der Waals surface area contributed by atoms with Gasteiger partial charge < -0.3 is 10.3 Å². The molecule has 2 N–H and O–H groups in total. The minimum absolute atomic E-state index is 0.267. The summed E-state index contributed by atoms with van der Waals surface area (Å²) in [6, 6.07) is 4.50. The quantitative estimate of drug-likeness (QED) is 0.903. The van der Waals surface area contributed by atoms with Crippen LogP contribution in [0.5, 0.6) is 0 Å². The molecule has 0 aliphatic carbocycles. The highest BCUT2D eigenvalue weighted by Gasteiger charge is 2.13. The minimum atomic E-state index is -0.267. The number of aryl methyl sites for hydroxylation is 1. The molecule has 96 valence electrons. The zero-order valence-electron chi connectivity index (χ0n) is 10.5. The van der Waals surface area contributed by atoms with E-state index in [1.165, 1.54) is 12.1 Å². The minimum Gasteiger partial charge on any atom is -0.339 e. The monoisotopic (exact) mass is 249 g/mol. The Bertz CT molecular complexity index is 539. The number of nitrogens with zero attached hydrogens (tertiary/aromatic N) is 2. The number of hydrogen-bond acceptors (Lipinski definition) is 4. The lowest BCUT2D eigenvalue weighted by molar-refractivity contribution is 0.359. The molecule has 1 heterocycles. The molecule has 1 unspecified atom stereocenters. The van der Waals surface area contributed by atoms with Gasteiger partial charge in [-0.1, -0.05) is 12.1 Å². The Hall–Kier alpha value is -1.75. The van der Waals surface area contributed by atoms with Gasteiger partial charge in [0.15, 0.2) is 0 Å². The molecular formula is C13H16FN3O. The number of aromatic nitrogens is 2. The van der Waals surface area contributed by atoms with Crippen molar-refractivity contribution in [2.75, 3.05) is 6.54 Å². The van der Waals surface area contributed by atoms with Crippen LogP contribution in [0, 0.1) is 18.7 Å². The van der Waals surface area contributed by atoms with Gasteiger partial charge in [0.05, 0.1) is 0 Å². The molecule has 2 rings (SSSR count). The van der Waals surface area contributed by atoms with Crippen molar-refractivity contribution in [3.63, 3.8) is 0 Å². The smallest absolute Gasteiger partial charge is 0.227 e. The van der Waals surface area contributed by atoms with Gasteiger partial charge in [-0.15, -0.1) is 0 Å². The van der Waals surface area contributed by atoms with Crippen molar-refractivity contribution < 1.29 is 8.91 Å². The Labute approximate surface area is 105 Å². The predicted molar refractivity (Wildman–Crippen MR) is 66.4 cm³/mol. The number of halogens is 1. The van der Waals surface area contributed by atoms with Crippen LogP contribution in [0.1, 0.15) is 18.4 Å². The number of nitrogens with two attached hydrogens (primary N) is 1. The Balaban J connectivity index is 2.24. The summed E-state index contributed by atoms with van der Waals surface area (Å²) in [6.45, 7) is 4.41. The molecule has 5 heteroatoms. The van der Waals surface area contributed by atoms with Gasteiger partial charge in [0.2, 0.25) is 11.7 Å². The maximum atomic E-state index is 13.0. The van der Waals surface area contributed by atoms with Crippen molar-refractivity contribution in [1.82, 2.24) is 10.1 Å². The van der Waals surface area contributed by atoms with E-state index < -0.39 is 0 Å². The molecule has 4 nitrogen and oxygen atoms in total. The molecule has 0 saturated carbocycles. The first-order valence-electron chi connectivity index (χ1n) is 5.89. The van der Waals surface area contributed by atoms with Crippen LogP contribution < -0.4 is 5.73 Å². The van der Waals surface area contributed by atoms with Gasteiger partial charge in [0, 0.05) is 12.0 Å². The summed E-state index contributed by atoms with van der Waals surface area (Å²) in [7, 11) is 0. The van der Waals surface area contributed by atoms with E-state index >= 15 is 0 Å². The van der Waals surface area contributed by atoms with Crippen molar-refractivity contribution in [2.45, 2.75) is 20.3 Å². The van der Waals surface area contributed by atoms with Gasteiger partial charge in [-0.25, -0.2) is 4.39 Å². The van der Waals surface area contributed by atoms with Crippen LogP contribution in [-0.4, -0.2) is 16.7 Å². The normalized spacial score (nSPS) is 12.7. The molecule has 0 aliphatic rings. The molecule has 0 bridgehead atoms. The largest absolute Gasteiger partial charge is 0.339 e. The van der Waals surface area contributed by atoms with Gasteiger partial charge in [-0.2, -0.15) is 4.98 Å². The Morgan fingerprint density at radius 2 is 2.22 bits per heavy atom. The van der Waals surface area contributed by atoms with Crippen LogP contribution >= 0.6 is 0 Å². The molecule has 1 aromatic carbocycles. The molecule has 0 amide bonds. The van der Waals surface area contributed by atoms with Crippen LogP contribution in [0.3, 0.4) is 0 Å². The van der Waals surface area contributed by atoms with E-state index in [-0.39, 0.29) is 5.82 Å². The van der Waals surface area contributed by atoms with Crippen molar-refractivity contribution in [1.29, 1.82) is 0 Å². The summed E-state index contributed by atoms with van der Waals surface area (Å²) < 4.78 is 18.2.